The predicted molar refractivity (Wildman–Crippen MR) is 75.4 cm³/mol. The average Bonchev–Trinajstić information content (AvgIpc) is 2.86. The van der Waals surface area contributed by atoms with Gasteiger partial charge in [0.05, 0.1) is 0 Å². The third-order valence-electron chi connectivity index (χ3n) is 4.04. The van der Waals surface area contributed by atoms with Crippen molar-refractivity contribution >= 4 is 11.8 Å². The van der Waals surface area contributed by atoms with Gasteiger partial charge in [-0.1, -0.05) is 19.0 Å². The Morgan fingerprint density at radius 3 is 2.62 bits per heavy atom. The third kappa shape index (κ3) is 2.91. The summed E-state index contributed by atoms with van der Waals surface area (Å²) in [7, 11) is 0. The smallest absolute Gasteiger partial charge is 0.248 e. The van der Waals surface area contributed by atoms with Gasteiger partial charge in [0.15, 0.2) is 5.82 Å². The normalized spacial score (nSPS) is 26.1. The molecule has 116 valence electrons. The Kier molecular flexibility index (Phi) is 4.29. The number of nitrogens with one attached hydrogen (secondary N) is 1. The van der Waals surface area contributed by atoms with Crippen molar-refractivity contribution in [1.29, 1.82) is 0 Å². The van der Waals surface area contributed by atoms with Crippen LogP contribution in [0.15, 0.2) is 4.52 Å². The van der Waals surface area contributed by atoms with Crippen LogP contribution in [-0.2, 0) is 16.0 Å². The first kappa shape index (κ1) is 15.5. The maximum absolute atomic E-state index is 12.7. The van der Waals surface area contributed by atoms with E-state index < -0.39 is 11.6 Å². The molecule has 1 aromatic rings. The molecule has 2 heterocycles. The van der Waals surface area contributed by atoms with Crippen LogP contribution >= 0.6 is 0 Å². The number of carbonyl (C=O) groups excluding carboxylic acids is 2. The van der Waals surface area contributed by atoms with Gasteiger partial charge in [-0.2, -0.15) is 4.98 Å². The second-order valence-electron chi connectivity index (χ2n) is 5.58. The number of aromatic nitrogens is 2. The highest BCUT2D eigenvalue weighted by Gasteiger charge is 2.46. The van der Waals surface area contributed by atoms with Gasteiger partial charge in [-0.25, -0.2) is 0 Å². The van der Waals surface area contributed by atoms with E-state index in [1.165, 1.54) is 0 Å². The van der Waals surface area contributed by atoms with Gasteiger partial charge < -0.3 is 14.7 Å². The van der Waals surface area contributed by atoms with Crippen LogP contribution in [-0.4, -0.2) is 45.0 Å². The van der Waals surface area contributed by atoms with E-state index in [1.807, 2.05) is 13.8 Å². The van der Waals surface area contributed by atoms with Gasteiger partial charge in [0.1, 0.15) is 11.6 Å². The maximum atomic E-state index is 12.7. The van der Waals surface area contributed by atoms with Gasteiger partial charge in [0.25, 0.3) is 0 Å². The van der Waals surface area contributed by atoms with Crippen LogP contribution in [0.25, 0.3) is 0 Å². The van der Waals surface area contributed by atoms with E-state index in [2.05, 4.69) is 15.5 Å². The molecule has 0 bridgehead atoms. The summed E-state index contributed by atoms with van der Waals surface area (Å²) in [6.45, 7) is 7.71. The Bertz CT molecular complexity index is 542. The van der Waals surface area contributed by atoms with Gasteiger partial charge in [0.2, 0.25) is 17.7 Å². The van der Waals surface area contributed by atoms with Gasteiger partial charge in [-0.15, -0.1) is 0 Å². The highest BCUT2D eigenvalue weighted by Crippen LogP contribution is 2.23. The molecule has 1 aliphatic heterocycles. The van der Waals surface area contributed by atoms with Crippen LogP contribution in [0, 0.1) is 6.92 Å². The minimum absolute atomic E-state index is 0.0484. The molecular formula is C14H22N4O3. The molecular weight excluding hydrogens is 272 g/mol. The summed E-state index contributed by atoms with van der Waals surface area (Å²) in [5.74, 6) is 0.910. The molecule has 0 aliphatic carbocycles. The largest absolute Gasteiger partial charge is 0.340 e. The minimum Gasteiger partial charge on any atom is -0.340 e. The van der Waals surface area contributed by atoms with E-state index in [9.17, 15) is 9.59 Å². The number of hydrogen-bond acceptors (Lipinski definition) is 5. The third-order valence-corrected chi connectivity index (χ3v) is 4.04. The molecule has 2 rings (SSSR count). The first-order chi connectivity index (χ1) is 9.91. The number of rotatable bonds is 5. The molecule has 2 atom stereocenters. The van der Waals surface area contributed by atoms with E-state index in [0.29, 0.717) is 37.5 Å². The van der Waals surface area contributed by atoms with Gasteiger partial charge in [0, 0.05) is 13.0 Å². The maximum Gasteiger partial charge on any atom is 0.248 e. The van der Waals surface area contributed by atoms with Crippen LogP contribution < -0.4 is 5.32 Å². The van der Waals surface area contributed by atoms with Gasteiger partial charge in [-0.05, 0) is 26.7 Å². The van der Waals surface area contributed by atoms with Crippen molar-refractivity contribution < 1.29 is 14.1 Å². The summed E-state index contributed by atoms with van der Waals surface area (Å²) in [6.07, 6.45) is 1.60. The van der Waals surface area contributed by atoms with Crippen molar-refractivity contribution in [3.63, 3.8) is 0 Å². The van der Waals surface area contributed by atoms with E-state index >= 15 is 0 Å². The van der Waals surface area contributed by atoms with Crippen LogP contribution in [0.5, 0.6) is 0 Å². The molecule has 0 spiro atoms. The first-order valence-corrected chi connectivity index (χ1v) is 7.33. The lowest BCUT2D eigenvalue weighted by atomic mass is 9.91. The van der Waals surface area contributed by atoms with Crippen molar-refractivity contribution in [2.24, 2.45) is 0 Å². The molecule has 2 amide bonds. The molecule has 0 saturated carbocycles. The van der Waals surface area contributed by atoms with E-state index in [0.717, 1.165) is 0 Å². The molecule has 2 unspecified atom stereocenters. The summed E-state index contributed by atoms with van der Waals surface area (Å²) in [6, 6.07) is -0.429. The number of nitrogens with zero attached hydrogens (tertiary/aromatic N) is 3. The number of amides is 2. The molecule has 21 heavy (non-hydrogen) atoms. The predicted octanol–water partition coefficient (Wildman–Crippen LogP) is 0.826. The molecule has 0 radical (unpaired) electrons. The van der Waals surface area contributed by atoms with Crippen LogP contribution in [0.4, 0.5) is 0 Å². The molecule has 7 nitrogen and oxygen atoms in total. The SMILES string of the molecule is CCC1C(=O)NC(C)(CC)C(=O)N1CCc1nc(C)no1. The standard InChI is InChI=1S/C14H22N4O3/c1-5-10-12(19)16-14(4,6-2)13(20)18(10)8-7-11-15-9(3)17-21-11/h10H,5-8H2,1-4H3,(H,16,19). The van der Waals surface area contributed by atoms with E-state index in [4.69, 9.17) is 4.52 Å². The molecule has 1 fully saturated rings. The Labute approximate surface area is 124 Å². The summed E-state index contributed by atoms with van der Waals surface area (Å²) in [5, 5.41) is 6.57. The summed E-state index contributed by atoms with van der Waals surface area (Å²) in [5.41, 5.74) is -0.826. The lowest BCUT2D eigenvalue weighted by Gasteiger charge is -2.43. The Balaban J connectivity index is 2.15. The molecule has 1 N–H and O–H groups in total. The van der Waals surface area contributed by atoms with E-state index in [-0.39, 0.29) is 11.8 Å². The van der Waals surface area contributed by atoms with Crippen LogP contribution in [0.1, 0.15) is 45.3 Å². The minimum atomic E-state index is -0.826. The second-order valence-corrected chi connectivity index (χ2v) is 5.58. The molecule has 1 aliphatic rings. The zero-order valence-corrected chi connectivity index (χ0v) is 13.0. The number of aryl methyl sites for hydroxylation is 1. The molecule has 1 aromatic heterocycles. The van der Waals surface area contributed by atoms with Crippen LogP contribution in [0.3, 0.4) is 0 Å². The lowest BCUT2D eigenvalue weighted by Crippen LogP contribution is -2.69. The Morgan fingerprint density at radius 1 is 1.38 bits per heavy atom. The number of hydrogen-bond donors (Lipinski definition) is 1. The van der Waals surface area contributed by atoms with Crippen molar-refractivity contribution in [3.05, 3.63) is 11.7 Å². The van der Waals surface area contributed by atoms with Gasteiger partial charge in [-0.3, -0.25) is 9.59 Å². The lowest BCUT2D eigenvalue weighted by molar-refractivity contribution is -0.154. The molecule has 1 saturated heterocycles. The van der Waals surface area contributed by atoms with Crippen molar-refractivity contribution in [1.82, 2.24) is 20.4 Å². The second kappa shape index (κ2) is 5.83. The fraction of sp³-hybridized carbons (Fsp3) is 0.714. The van der Waals surface area contributed by atoms with Crippen molar-refractivity contribution in [2.45, 2.75) is 58.5 Å². The summed E-state index contributed by atoms with van der Waals surface area (Å²) < 4.78 is 5.06. The quantitative estimate of drug-likeness (QED) is 0.869. The fourth-order valence-electron chi connectivity index (χ4n) is 2.57. The molecule has 7 heteroatoms. The van der Waals surface area contributed by atoms with Crippen molar-refractivity contribution in [3.8, 4) is 0 Å². The average molecular weight is 294 g/mol. The first-order valence-electron chi connectivity index (χ1n) is 7.33. The zero-order chi connectivity index (χ0) is 15.6. The summed E-state index contributed by atoms with van der Waals surface area (Å²) in [4.78, 5) is 30.6. The molecule has 0 aromatic carbocycles. The fourth-order valence-corrected chi connectivity index (χ4v) is 2.57. The highest BCUT2D eigenvalue weighted by molar-refractivity contribution is 5.99. The van der Waals surface area contributed by atoms with E-state index in [1.54, 1.807) is 18.7 Å². The monoisotopic (exact) mass is 294 g/mol. The number of carbonyl (C=O) groups is 2. The zero-order valence-electron chi connectivity index (χ0n) is 13.0. The summed E-state index contributed by atoms with van der Waals surface area (Å²) >= 11 is 0. The topological polar surface area (TPSA) is 88.3 Å². The van der Waals surface area contributed by atoms with Crippen LogP contribution in [0.2, 0.25) is 0 Å². The Morgan fingerprint density at radius 2 is 2.10 bits per heavy atom. The van der Waals surface area contributed by atoms with Crippen molar-refractivity contribution in [2.75, 3.05) is 6.54 Å². The van der Waals surface area contributed by atoms with Gasteiger partial charge >= 0.3 is 0 Å². The number of piperazine rings is 1. The Hall–Kier alpha value is -1.92. The highest BCUT2D eigenvalue weighted by atomic mass is 16.5.